The zero-order chi connectivity index (χ0) is 14.3. The molecule has 2 atom stereocenters. The second kappa shape index (κ2) is 4.36. The molecule has 0 heterocycles. The molecule has 1 saturated carbocycles. The summed E-state index contributed by atoms with van der Waals surface area (Å²) in [5.41, 5.74) is 0.456. The van der Waals surface area contributed by atoms with Crippen molar-refractivity contribution in [3.05, 3.63) is 35.4 Å². The highest BCUT2D eigenvalue weighted by Crippen LogP contribution is 2.62. The summed E-state index contributed by atoms with van der Waals surface area (Å²) in [7, 11) is -3.42. The van der Waals surface area contributed by atoms with E-state index in [0.29, 0.717) is 0 Å². The topological polar surface area (TPSA) is 81.7 Å². The number of hydrogen-bond acceptors (Lipinski definition) is 4. The van der Waals surface area contributed by atoms with Crippen LogP contribution in [-0.4, -0.2) is 19.9 Å². The summed E-state index contributed by atoms with van der Waals surface area (Å²) < 4.78 is 23.5. The fraction of sp³-hybridized carbons (Fsp3) is 0.429. The van der Waals surface area contributed by atoms with Crippen LogP contribution in [0.15, 0.2) is 24.3 Å². The predicted octanol–water partition coefficient (Wildman–Crippen LogP) is 1.79. The highest BCUT2D eigenvalue weighted by molar-refractivity contribution is 7.91. The van der Waals surface area contributed by atoms with E-state index in [2.05, 4.69) is 0 Å². The molecular formula is C14H14N2O2S. The maximum atomic E-state index is 11.7. The predicted molar refractivity (Wildman–Crippen MR) is 70.9 cm³/mol. The van der Waals surface area contributed by atoms with Gasteiger partial charge in [0, 0.05) is 12.2 Å². The molecule has 19 heavy (non-hydrogen) atoms. The number of aryl methyl sites for hydroxylation is 1. The minimum absolute atomic E-state index is 0.539. The molecule has 0 unspecified atom stereocenters. The maximum absolute atomic E-state index is 11.7. The molecule has 98 valence electrons. The second-order valence-corrected chi connectivity index (χ2v) is 7.08. The molecule has 4 nitrogen and oxygen atoms in total. The zero-order valence-electron chi connectivity index (χ0n) is 10.8. The smallest absolute Gasteiger partial charge is 0.169 e. The van der Waals surface area contributed by atoms with Gasteiger partial charge < -0.3 is 0 Å². The van der Waals surface area contributed by atoms with Crippen molar-refractivity contribution in [2.75, 3.05) is 6.26 Å². The van der Waals surface area contributed by atoms with Crippen LogP contribution < -0.4 is 0 Å². The minimum atomic E-state index is -3.42. The van der Waals surface area contributed by atoms with Crippen LogP contribution in [0, 0.1) is 28.1 Å². The van der Waals surface area contributed by atoms with E-state index in [0.717, 1.165) is 23.8 Å². The Morgan fingerprint density at radius 1 is 1.21 bits per heavy atom. The first kappa shape index (κ1) is 13.6. The summed E-state index contributed by atoms with van der Waals surface area (Å²) >= 11 is 0. The fourth-order valence-electron chi connectivity index (χ4n) is 2.63. The normalized spacial score (nSPS) is 24.2. The average Bonchev–Trinajstić information content (AvgIpc) is 3.09. The molecule has 0 spiro atoms. The molecule has 1 aliphatic rings. The summed E-state index contributed by atoms with van der Waals surface area (Å²) in [6.07, 6.45) is 1.98. The molecule has 0 bridgehead atoms. The molecule has 1 fully saturated rings. The highest BCUT2D eigenvalue weighted by atomic mass is 32.2. The van der Waals surface area contributed by atoms with Gasteiger partial charge in [-0.25, -0.2) is 8.42 Å². The molecule has 0 aliphatic heterocycles. The molecule has 1 aromatic rings. The number of sulfone groups is 1. The van der Waals surface area contributed by atoms with Gasteiger partial charge in [0.25, 0.3) is 0 Å². The number of rotatable bonds is 3. The van der Waals surface area contributed by atoms with Gasteiger partial charge in [0.15, 0.2) is 15.3 Å². The van der Waals surface area contributed by atoms with Crippen molar-refractivity contribution in [3.63, 3.8) is 0 Å². The standard InChI is InChI=1S/C14H14N2O2S/c1-3-10-4-6-11(7-5-10)12-13(19(2,17)18)14(12,8-15)9-16/h4-7,12-13H,3H2,1-2H3/t12-,13+/m1/s1. The van der Waals surface area contributed by atoms with Crippen LogP contribution in [0.2, 0.25) is 0 Å². The van der Waals surface area contributed by atoms with E-state index in [1.807, 2.05) is 43.3 Å². The van der Waals surface area contributed by atoms with Gasteiger partial charge in [-0.15, -0.1) is 0 Å². The summed E-state index contributed by atoms with van der Waals surface area (Å²) in [5, 5.41) is 17.5. The summed E-state index contributed by atoms with van der Waals surface area (Å²) in [5.74, 6) is -0.539. The lowest BCUT2D eigenvalue weighted by Crippen LogP contribution is -2.11. The van der Waals surface area contributed by atoms with Gasteiger partial charge in [-0.2, -0.15) is 10.5 Å². The van der Waals surface area contributed by atoms with Gasteiger partial charge in [-0.05, 0) is 17.5 Å². The van der Waals surface area contributed by atoms with E-state index in [9.17, 15) is 18.9 Å². The zero-order valence-corrected chi connectivity index (χ0v) is 11.6. The van der Waals surface area contributed by atoms with Gasteiger partial charge in [-0.3, -0.25) is 0 Å². The van der Waals surface area contributed by atoms with Crippen molar-refractivity contribution in [1.82, 2.24) is 0 Å². The summed E-state index contributed by atoms with van der Waals surface area (Å²) in [6, 6.07) is 11.2. The van der Waals surface area contributed by atoms with E-state index in [4.69, 9.17) is 0 Å². The SMILES string of the molecule is CCc1ccc([C@@H]2[C@H](S(C)(=O)=O)C2(C#N)C#N)cc1. The van der Waals surface area contributed by atoms with E-state index < -0.39 is 26.4 Å². The lowest BCUT2D eigenvalue weighted by molar-refractivity contribution is 0.597. The molecule has 1 aliphatic carbocycles. The molecule has 1 aromatic carbocycles. The van der Waals surface area contributed by atoms with Crippen LogP contribution >= 0.6 is 0 Å². The summed E-state index contributed by atoms with van der Waals surface area (Å²) in [4.78, 5) is 0. The molecule has 0 radical (unpaired) electrons. The first-order valence-corrected chi connectivity index (χ1v) is 7.96. The van der Waals surface area contributed by atoms with E-state index in [1.54, 1.807) is 0 Å². The van der Waals surface area contributed by atoms with E-state index in [-0.39, 0.29) is 0 Å². The van der Waals surface area contributed by atoms with Crippen molar-refractivity contribution in [3.8, 4) is 12.1 Å². The Kier molecular flexibility index (Phi) is 3.12. The quantitative estimate of drug-likeness (QED) is 0.841. The third kappa shape index (κ3) is 2.01. The Hall–Kier alpha value is -1.85. The Bertz CT molecular complexity index is 664. The molecule has 2 rings (SSSR count). The number of hydrogen-bond donors (Lipinski definition) is 0. The first-order valence-electron chi connectivity index (χ1n) is 6.01. The largest absolute Gasteiger partial charge is 0.229 e. The summed E-state index contributed by atoms with van der Waals surface area (Å²) in [6.45, 7) is 2.03. The third-order valence-corrected chi connectivity index (χ3v) is 5.28. The van der Waals surface area contributed by atoms with Gasteiger partial charge in [0.2, 0.25) is 0 Å². The third-order valence-electron chi connectivity index (χ3n) is 3.71. The van der Waals surface area contributed by atoms with Gasteiger partial charge in [-0.1, -0.05) is 31.2 Å². The molecule has 0 aromatic heterocycles. The maximum Gasteiger partial charge on any atom is 0.169 e. The Morgan fingerprint density at radius 3 is 2.05 bits per heavy atom. The first-order chi connectivity index (χ1) is 8.90. The Labute approximate surface area is 113 Å². The molecule has 0 saturated heterocycles. The molecule has 0 amide bonds. The monoisotopic (exact) mass is 274 g/mol. The Morgan fingerprint density at radius 2 is 1.74 bits per heavy atom. The van der Waals surface area contributed by atoms with Crippen LogP contribution in [0.1, 0.15) is 24.0 Å². The molecule has 5 heteroatoms. The van der Waals surface area contributed by atoms with Crippen molar-refractivity contribution >= 4 is 9.84 Å². The number of nitriles is 2. The van der Waals surface area contributed by atoms with Crippen LogP contribution in [0.5, 0.6) is 0 Å². The lowest BCUT2D eigenvalue weighted by Gasteiger charge is -2.01. The van der Waals surface area contributed by atoms with Crippen LogP contribution in [0.25, 0.3) is 0 Å². The van der Waals surface area contributed by atoms with E-state index >= 15 is 0 Å². The van der Waals surface area contributed by atoms with Gasteiger partial charge >= 0.3 is 0 Å². The number of benzene rings is 1. The highest BCUT2D eigenvalue weighted by Gasteiger charge is 2.72. The van der Waals surface area contributed by atoms with Crippen LogP contribution in [-0.2, 0) is 16.3 Å². The molecule has 0 N–H and O–H groups in total. The average molecular weight is 274 g/mol. The van der Waals surface area contributed by atoms with Crippen molar-refractivity contribution in [2.24, 2.45) is 5.41 Å². The second-order valence-electron chi connectivity index (χ2n) is 4.92. The number of nitrogens with zero attached hydrogens (tertiary/aromatic N) is 2. The van der Waals surface area contributed by atoms with Gasteiger partial charge in [0.05, 0.1) is 12.1 Å². The molecular weight excluding hydrogens is 260 g/mol. The fourth-order valence-corrected chi connectivity index (χ4v) is 4.35. The van der Waals surface area contributed by atoms with Crippen LogP contribution in [0.3, 0.4) is 0 Å². The van der Waals surface area contributed by atoms with Gasteiger partial charge in [0.1, 0.15) is 5.25 Å². The lowest BCUT2D eigenvalue weighted by atomic mass is 10.0. The van der Waals surface area contributed by atoms with Crippen molar-refractivity contribution in [2.45, 2.75) is 24.5 Å². The minimum Gasteiger partial charge on any atom is -0.229 e. The van der Waals surface area contributed by atoms with Crippen molar-refractivity contribution in [1.29, 1.82) is 10.5 Å². The van der Waals surface area contributed by atoms with Crippen molar-refractivity contribution < 1.29 is 8.42 Å². The van der Waals surface area contributed by atoms with Crippen LogP contribution in [0.4, 0.5) is 0 Å². The Balaban J connectivity index is 2.45. The van der Waals surface area contributed by atoms with E-state index in [1.165, 1.54) is 0 Å².